The molecule has 0 saturated heterocycles. The van der Waals surface area contributed by atoms with Gasteiger partial charge in [0.05, 0.1) is 17.1 Å². The van der Waals surface area contributed by atoms with Crippen LogP contribution >= 0.6 is 0 Å². The number of hydrogen-bond donors (Lipinski definition) is 2. The third kappa shape index (κ3) is 15.3. The number of pyridine rings is 1. The summed E-state index contributed by atoms with van der Waals surface area (Å²) >= 11 is 0. The minimum atomic E-state index is -0.208. The van der Waals surface area contributed by atoms with Crippen LogP contribution < -0.4 is 10.6 Å². The highest BCUT2D eigenvalue weighted by molar-refractivity contribution is 6.03. The van der Waals surface area contributed by atoms with Gasteiger partial charge >= 0.3 is 0 Å². The van der Waals surface area contributed by atoms with E-state index in [1.165, 1.54) is 12.8 Å². The van der Waals surface area contributed by atoms with Crippen LogP contribution in [0.2, 0.25) is 0 Å². The van der Waals surface area contributed by atoms with Crippen LogP contribution in [0.3, 0.4) is 0 Å². The van der Waals surface area contributed by atoms with Crippen LogP contribution in [0.25, 0.3) is 5.70 Å². The monoisotopic (exact) mass is 682 g/mol. The Morgan fingerprint density at radius 2 is 1.84 bits per heavy atom. The van der Waals surface area contributed by atoms with E-state index in [4.69, 9.17) is 0 Å². The van der Waals surface area contributed by atoms with Gasteiger partial charge in [0, 0.05) is 66.5 Å². The number of nitrogens with one attached hydrogen (secondary N) is 2. The van der Waals surface area contributed by atoms with E-state index in [0.29, 0.717) is 16.7 Å². The molecule has 3 rings (SSSR count). The maximum atomic E-state index is 12.0. The Morgan fingerprint density at radius 3 is 2.40 bits per heavy atom. The van der Waals surface area contributed by atoms with Crippen molar-refractivity contribution in [2.75, 3.05) is 45.6 Å². The van der Waals surface area contributed by atoms with Crippen molar-refractivity contribution in [3.63, 3.8) is 0 Å². The van der Waals surface area contributed by atoms with Crippen LogP contribution in [-0.2, 0) is 4.79 Å². The van der Waals surface area contributed by atoms with Crippen LogP contribution in [0.1, 0.15) is 80.8 Å². The Balaban J connectivity index is 0. The Hall–Kier alpha value is -4.60. The lowest BCUT2D eigenvalue weighted by Crippen LogP contribution is -2.39. The maximum absolute atomic E-state index is 12.0. The van der Waals surface area contributed by atoms with Crippen molar-refractivity contribution < 1.29 is 7.65 Å². The minimum absolute atomic E-state index is 0. The van der Waals surface area contributed by atoms with Gasteiger partial charge in [-0.2, -0.15) is 0 Å². The molecule has 6 nitrogen and oxygen atoms in total. The zero-order valence-electron chi connectivity index (χ0n) is 32.3. The molecule has 2 aliphatic carbocycles. The predicted molar refractivity (Wildman–Crippen MR) is 222 cm³/mol. The second-order valence-corrected chi connectivity index (χ2v) is 13.1. The van der Waals surface area contributed by atoms with Gasteiger partial charge in [-0.25, -0.2) is 0 Å². The zero-order valence-corrected chi connectivity index (χ0v) is 32.3. The number of carbonyl (C=O) groups excluding carboxylic acids is 1. The number of rotatable bonds is 15. The predicted octanol–water partition coefficient (Wildman–Crippen LogP) is 10.4. The molecule has 1 heterocycles. The molecule has 274 valence electrons. The van der Waals surface area contributed by atoms with E-state index in [-0.39, 0.29) is 8.76 Å². The first-order valence-corrected chi connectivity index (χ1v) is 17.8. The normalized spacial score (nSPS) is 14.5. The van der Waals surface area contributed by atoms with E-state index in [1.54, 1.807) is 13.1 Å². The highest BCUT2D eigenvalue weighted by atomic mass is 16.1. The van der Waals surface area contributed by atoms with E-state index < -0.39 is 0 Å². The standard InChI is InChI=1S/C26H38N4O.C16H19N.C2H6.2H2/c1-7-9-15-30(19-26(6)12-10-11-13-26)16-14-27-23(8-2)22-17-24(21(5)28-18-22)29-25(31)20(3)4;1-6-14-10-13(3)8-9-16(11-14)15(7-2)12-17(4)5;1-2;;/h10-11,17-18,27H,2-3,7,9,12-16,19H2,1,4-6H3,(H,29,31);7-9,11-12H,1-3,10H2,4-5H3;1-2H3;2*1H/b;15-12+;;;. The van der Waals surface area contributed by atoms with Gasteiger partial charge in [0.15, 0.2) is 0 Å². The van der Waals surface area contributed by atoms with E-state index in [2.05, 4.69) is 103 Å². The van der Waals surface area contributed by atoms with Gasteiger partial charge < -0.3 is 20.4 Å². The Kier molecular flexibility index (Phi) is 19.9. The largest absolute Gasteiger partial charge is 0.383 e. The molecular formula is C44H67N5O. The van der Waals surface area contributed by atoms with E-state index in [9.17, 15) is 4.79 Å². The Morgan fingerprint density at radius 1 is 1.16 bits per heavy atom. The summed E-state index contributed by atoms with van der Waals surface area (Å²) in [5, 5.41) is 6.33. The maximum Gasteiger partial charge on any atom is 0.250 e. The number of aromatic nitrogens is 1. The number of anilines is 1. The van der Waals surface area contributed by atoms with Gasteiger partial charge in [-0.05, 0) is 73.9 Å². The fourth-order valence-electron chi connectivity index (χ4n) is 5.39. The summed E-state index contributed by atoms with van der Waals surface area (Å²) in [6, 6.07) is 1.91. The van der Waals surface area contributed by atoms with E-state index in [1.807, 2.05) is 64.2 Å². The molecule has 0 bridgehead atoms. The highest BCUT2D eigenvalue weighted by Gasteiger charge is 2.27. The average molecular weight is 682 g/mol. The highest BCUT2D eigenvalue weighted by Crippen LogP contribution is 2.33. The van der Waals surface area contributed by atoms with Crippen molar-refractivity contribution in [2.45, 2.75) is 73.6 Å². The van der Waals surface area contributed by atoms with Crippen LogP contribution in [0.4, 0.5) is 5.69 Å². The van der Waals surface area contributed by atoms with Gasteiger partial charge in [0.1, 0.15) is 0 Å². The van der Waals surface area contributed by atoms with Crippen LogP contribution in [-0.4, -0.2) is 61.0 Å². The number of aryl methyl sites for hydroxylation is 1. The summed E-state index contributed by atoms with van der Waals surface area (Å²) in [4.78, 5) is 21.0. The van der Waals surface area contributed by atoms with Crippen molar-refractivity contribution >= 4 is 17.3 Å². The molecule has 0 fully saturated rings. The van der Waals surface area contributed by atoms with Crippen molar-refractivity contribution in [1.82, 2.24) is 20.1 Å². The second kappa shape index (κ2) is 22.9. The molecule has 0 atom stereocenters. The first-order chi connectivity index (χ1) is 23.8. The number of unbranched alkanes of at least 4 members (excludes halogenated alkanes) is 1. The molecule has 50 heavy (non-hydrogen) atoms. The van der Waals surface area contributed by atoms with E-state index >= 15 is 0 Å². The first-order valence-electron chi connectivity index (χ1n) is 17.8. The number of allylic oxidation sites excluding steroid dienone is 10. The smallest absolute Gasteiger partial charge is 0.250 e. The second-order valence-electron chi connectivity index (χ2n) is 13.1. The molecular weight excluding hydrogens is 615 g/mol. The van der Waals surface area contributed by atoms with Gasteiger partial charge in [0.2, 0.25) is 0 Å². The summed E-state index contributed by atoms with van der Waals surface area (Å²) in [5.74, 6) is -0.208. The lowest BCUT2D eigenvalue weighted by Gasteiger charge is -2.32. The first kappa shape index (κ1) is 43.4. The fourth-order valence-corrected chi connectivity index (χ4v) is 5.39. The molecule has 6 heteroatoms. The van der Waals surface area contributed by atoms with Gasteiger partial charge in [0.25, 0.3) is 5.91 Å². The third-order valence-corrected chi connectivity index (χ3v) is 8.16. The number of hydrogen-bond acceptors (Lipinski definition) is 5. The number of nitrogens with zero attached hydrogens (tertiary/aromatic N) is 3. The molecule has 1 aromatic heterocycles. The average Bonchev–Trinajstić information content (AvgIpc) is 3.43. The van der Waals surface area contributed by atoms with Crippen molar-refractivity contribution in [1.29, 1.82) is 0 Å². The third-order valence-electron chi connectivity index (χ3n) is 8.16. The van der Waals surface area contributed by atoms with Gasteiger partial charge in [-0.15, -0.1) is 11.5 Å². The lowest BCUT2D eigenvalue weighted by atomic mass is 9.87. The molecule has 2 aliphatic rings. The SMILES string of the molecule is C=C=C(NCCN(CCCC)CC1(C)CC=CC1)c1cnc(C)c(NC(=O)C(=C)C)c1.C=C=C1C=C(/C(C=C)=C/N(C)C)C=CC(=C)C1.CC.[HH].[HH]. The fraction of sp³-hybridized carbons (Fsp3) is 0.409. The summed E-state index contributed by atoms with van der Waals surface area (Å²) in [7, 11) is 3.99. The van der Waals surface area contributed by atoms with Crippen molar-refractivity contribution in [3.05, 3.63) is 138 Å². The molecule has 0 saturated carbocycles. The lowest BCUT2D eigenvalue weighted by molar-refractivity contribution is -0.112. The Labute approximate surface area is 307 Å². The van der Waals surface area contributed by atoms with Gasteiger partial charge in [-0.1, -0.05) is 103 Å². The summed E-state index contributed by atoms with van der Waals surface area (Å²) in [5.41, 5.74) is 14.1. The van der Waals surface area contributed by atoms with Crippen LogP contribution in [0.15, 0.2) is 127 Å². The molecule has 1 amide bonds. The molecule has 0 aliphatic heterocycles. The number of amides is 1. The summed E-state index contributed by atoms with van der Waals surface area (Å²) in [6.45, 7) is 35.2. The summed E-state index contributed by atoms with van der Waals surface area (Å²) in [6.07, 6.45) is 22.0. The topological polar surface area (TPSA) is 60.5 Å². The molecule has 2 N–H and O–H groups in total. The van der Waals surface area contributed by atoms with Crippen LogP contribution in [0, 0.1) is 12.3 Å². The van der Waals surface area contributed by atoms with Crippen molar-refractivity contribution in [3.8, 4) is 0 Å². The molecule has 0 unspecified atom stereocenters. The summed E-state index contributed by atoms with van der Waals surface area (Å²) < 4.78 is 0. The molecule has 0 spiro atoms. The Bertz CT molecular complexity index is 1560. The van der Waals surface area contributed by atoms with Crippen molar-refractivity contribution in [2.24, 2.45) is 5.41 Å². The zero-order chi connectivity index (χ0) is 37.7. The van der Waals surface area contributed by atoms with Crippen LogP contribution in [0.5, 0.6) is 0 Å². The molecule has 1 aromatic rings. The van der Waals surface area contributed by atoms with Gasteiger partial charge in [-0.3, -0.25) is 9.78 Å². The quantitative estimate of drug-likeness (QED) is 0.0835. The molecule has 0 aromatic carbocycles. The van der Waals surface area contributed by atoms with E-state index in [0.717, 1.165) is 84.7 Å². The minimum Gasteiger partial charge on any atom is -0.383 e. The molecule has 0 radical (unpaired) electrons. The number of carbonyl (C=O) groups is 1.